The van der Waals surface area contributed by atoms with E-state index in [2.05, 4.69) is 41.0 Å². The minimum absolute atomic E-state index is 0.0202. The van der Waals surface area contributed by atoms with E-state index >= 15 is 0 Å². The predicted molar refractivity (Wildman–Crippen MR) is 107 cm³/mol. The van der Waals surface area contributed by atoms with E-state index in [-0.39, 0.29) is 5.69 Å². The Morgan fingerprint density at radius 3 is 2.22 bits per heavy atom. The summed E-state index contributed by atoms with van der Waals surface area (Å²) in [6, 6.07) is 21.8. The quantitative estimate of drug-likeness (QED) is 0.260. The van der Waals surface area contributed by atoms with Crippen LogP contribution in [0.2, 0.25) is 0 Å². The zero-order chi connectivity index (χ0) is 18.8. The molecule has 0 unspecified atom stereocenters. The summed E-state index contributed by atoms with van der Waals surface area (Å²) < 4.78 is 8.01. The number of benzene rings is 3. The fourth-order valence-electron chi connectivity index (χ4n) is 3.54. The molecule has 4 aromatic rings. The molecular weight excluding hydrogens is 340 g/mol. The van der Waals surface area contributed by atoms with Gasteiger partial charge < -0.3 is 9.30 Å². The summed E-state index contributed by atoms with van der Waals surface area (Å²) in [5.41, 5.74) is 3.26. The third-order valence-corrected chi connectivity index (χ3v) is 4.77. The van der Waals surface area contributed by atoms with Crippen LogP contribution in [0.1, 0.15) is 12.0 Å². The second kappa shape index (κ2) is 7.11. The minimum atomic E-state index is -0.394. The highest BCUT2D eigenvalue weighted by atomic mass is 16.6. The number of fused-ring (bicyclic) bond motifs is 3. The normalized spacial score (nSPS) is 11.1. The molecular formula is C22H20N2O3. The Kier molecular flexibility index (Phi) is 4.50. The lowest BCUT2D eigenvalue weighted by Crippen LogP contribution is -2.05. The zero-order valence-corrected chi connectivity index (χ0v) is 15.1. The van der Waals surface area contributed by atoms with Crippen molar-refractivity contribution in [2.75, 3.05) is 6.61 Å². The number of hydrogen-bond acceptors (Lipinski definition) is 3. The molecule has 3 aromatic carbocycles. The maximum Gasteiger partial charge on any atom is 0.311 e. The number of hydrogen-bond donors (Lipinski definition) is 0. The fraction of sp³-hybridized carbons (Fsp3) is 0.182. The van der Waals surface area contributed by atoms with Crippen LogP contribution in [0.3, 0.4) is 0 Å². The Hall–Kier alpha value is -3.34. The highest BCUT2D eigenvalue weighted by molar-refractivity contribution is 6.07. The van der Waals surface area contributed by atoms with Gasteiger partial charge in [0.25, 0.3) is 0 Å². The Morgan fingerprint density at radius 1 is 0.963 bits per heavy atom. The molecule has 0 aliphatic heterocycles. The topological polar surface area (TPSA) is 57.3 Å². The molecule has 0 aliphatic carbocycles. The zero-order valence-electron chi connectivity index (χ0n) is 15.1. The van der Waals surface area contributed by atoms with Gasteiger partial charge in [0, 0.05) is 34.4 Å². The molecule has 5 nitrogen and oxygen atoms in total. The standard InChI is InChI=1S/C22H20N2O3/c1-16-11-12-22(21(15-16)24(25)26)27-14-6-13-23-19-9-4-2-7-17(19)18-8-3-5-10-20(18)23/h2-5,7-12,15H,6,13-14H2,1H3. The first-order valence-corrected chi connectivity index (χ1v) is 8.99. The van der Waals surface area contributed by atoms with Gasteiger partial charge in [-0.2, -0.15) is 0 Å². The van der Waals surface area contributed by atoms with Crippen molar-refractivity contribution in [3.05, 3.63) is 82.4 Å². The van der Waals surface area contributed by atoms with Crippen LogP contribution in [0, 0.1) is 17.0 Å². The summed E-state index contributed by atoms with van der Waals surface area (Å²) in [5, 5.41) is 13.7. The van der Waals surface area contributed by atoms with Gasteiger partial charge >= 0.3 is 5.69 Å². The molecule has 1 heterocycles. The minimum Gasteiger partial charge on any atom is -0.487 e. The second-order valence-electron chi connectivity index (χ2n) is 6.62. The molecule has 0 radical (unpaired) electrons. The highest BCUT2D eigenvalue weighted by Crippen LogP contribution is 2.30. The van der Waals surface area contributed by atoms with Crippen molar-refractivity contribution in [2.45, 2.75) is 19.9 Å². The summed E-state index contributed by atoms with van der Waals surface area (Å²) in [4.78, 5) is 10.8. The van der Waals surface area contributed by atoms with Crippen LogP contribution in [0.15, 0.2) is 66.7 Å². The Morgan fingerprint density at radius 2 is 1.59 bits per heavy atom. The van der Waals surface area contributed by atoms with Gasteiger partial charge in [0.2, 0.25) is 0 Å². The molecule has 0 amide bonds. The average Bonchev–Trinajstić information content (AvgIpc) is 3.00. The van der Waals surface area contributed by atoms with Gasteiger partial charge in [-0.05, 0) is 37.1 Å². The van der Waals surface area contributed by atoms with Crippen LogP contribution in [-0.4, -0.2) is 16.1 Å². The summed E-state index contributed by atoms with van der Waals surface area (Å²) in [6.07, 6.45) is 0.758. The van der Waals surface area contributed by atoms with Crippen molar-refractivity contribution >= 4 is 27.5 Å². The molecule has 1 aromatic heterocycles. The van der Waals surface area contributed by atoms with Gasteiger partial charge in [0.1, 0.15) is 0 Å². The van der Waals surface area contributed by atoms with Gasteiger partial charge in [-0.15, -0.1) is 0 Å². The number of para-hydroxylation sites is 2. The number of nitro benzene ring substituents is 1. The number of ether oxygens (including phenoxy) is 1. The molecule has 0 saturated heterocycles. The van der Waals surface area contributed by atoms with Gasteiger partial charge in [-0.25, -0.2) is 0 Å². The van der Waals surface area contributed by atoms with E-state index in [1.807, 2.05) is 25.1 Å². The Balaban J connectivity index is 1.53. The second-order valence-corrected chi connectivity index (χ2v) is 6.62. The van der Waals surface area contributed by atoms with Crippen LogP contribution in [0.5, 0.6) is 5.75 Å². The summed E-state index contributed by atoms with van der Waals surface area (Å²) in [6.45, 7) is 3.04. The van der Waals surface area contributed by atoms with Gasteiger partial charge in [-0.3, -0.25) is 10.1 Å². The van der Waals surface area contributed by atoms with Crippen LogP contribution in [0.4, 0.5) is 5.69 Å². The lowest BCUT2D eigenvalue weighted by atomic mass is 10.2. The van der Waals surface area contributed by atoms with Crippen molar-refractivity contribution in [2.24, 2.45) is 0 Å². The van der Waals surface area contributed by atoms with Gasteiger partial charge in [-0.1, -0.05) is 42.5 Å². The molecule has 0 saturated carbocycles. The van der Waals surface area contributed by atoms with Crippen molar-refractivity contribution in [3.8, 4) is 5.75 Å². The van der Waals surface area contributed by atoms with Crippen LogP contribution >= 0.6 is 0 Å². The predicted octanol–water partition coefficient (Wildman–Crippen LogP) is 5.48. The number of rotatable bonds is 6. The summed E-state index contributed by atoms with van der Waals surface area (Å²) >= 11 is 0. The van der Waals surface area contributed by atoms with E-state index in [1.165, 1.54) is 21.8 Å². The van der Waals surface area contributed by atoms with Crippen molar-refractivity contribution in [1.82, 2.24) is 4.57 Å². The van der Waals surface area contributed by atoms with Gasteiger partial charge in [0.05, 0.1) is 11.5 Å². The monoisotopic (exact) mass is 360 g/mol. The molecule has 0 atom stereocenters. The van der Waals surface area contributed by atoms with Crippen LogP contribution in [-0.2, 0) is 6.54 Å². The third kappa shape index (κ3) is 3.24. The first-order chi connectivity index (χ1) is 13.1. The molecule has 136 valence electrons. The van der Waals surface area contributed by atoms with Crippen LogP contribution in [0.25, 0.3) is 21.8 Å². The van der Waals surface area contributed by atoms with Crippen LogP contribution < -0.4 is 4.74 Å². The maximum atomic E-state index is 11.2. The molecule has 27 heavy (non-hydrogen) atoms. The lowest BCUT2D eigenvalue weighted by Gasteiger charge is -2.10. The Labute approximate surface area is 156 Å². The maximum absolute atomic E-state index is 11.2. The van der Waals surface area contributed by atoms with E-state index < -0.39 is 4.92 Å². The SMILES string of the molecule is Cc1ccc(OCCCn2c3ccccc3c3ccccc32)c([N+](=O)[O-])c1. The Bertz CT molecular complexity index is 1080. The molecule has 0 N–H and O–H groups in total. The highest BCUT2D eigenvalue weighted by Gasteiger charge is 2.15. The third-order valence-electron chi connectivity index (χ3n) is 4.77. The number of aryl methyl sites for hydroxylation is 2. The molecule has 0 spiro atoms. The first-order valence-electron chi connectivity index (χ1n) is 8.99. The van der Waals surface area contributed by atoms with E-state index in [0.717, 1.165) is 18.5 Å². The smallest absolute Gasteiger partial charge is 0.311 e. The van der Waals surface area contributed by atoms with E-state index in [4.69, 9.17) is 4.74 Å². The fourth-order valence-corrected chi connectivity index (χ4v) is 3.54. The number of nitrogens with zero attached hydrogens (tertiary/aromatic N) is 2. The molecule has 4 rings (SSSR count). The van der Waals surface area contributed by atoms with E-state index in [1.54, 1.807) is 12.1 Å². The van der Waals surface area contributed by atoms with Gasteiger partial charge in [0.15, 0.2) is 5.75 Å². The van der Waals surface area contributed by atoms with E-state index in [9.17, 15) is 10.1 Å². The molecule has 0 fully saturated rings. The van der Waals surface area contributed by atoms with Crippen molar-refractivity contribution in [1.29, 1.82) is 0 Å². The average molecular weight is 360 g/mol. The molecule has 0 bridgehead atoms. The summed E-state index contributed by atoms with van der Waals surface area (Å²) in [5.74, 6) is 0.327. The van der Waals surface area contributed by atoms with E-state index in [0.29, 0.717) is 12.4 Å². The lowest BCUT2D eigenvalue weighted by molar-refractivity contribution is -0.385. The molecule has 0 aliphatic rings. The van der Waals surface area contributed by atoms with Crippen molar-refractivity contribution in [3.63, 3.8) is 0 Å². The number of nitro groups is 1. The molecule has 5 heteroatoms. The van der Waals surface area contributed by atoms with Crippen molar-refractivity contribution < 1.29 is 9.66 Å². The first kappa shape index (κ1) is 17.1. The number of aromatic nitrogens is 1. The summed E-state index contributed by atoms with van der Waals surface area (Å²) in [7, 11) is 0. The largest absolute Gasteiger partial charge is 0.487 e.